The molecule has 2 N–H and O–H groups in total. The van der Waals surface area contributed by atoms with Gasteiger partial charge in [0, 0.05) is 45.4 Å². The lowest BCUT2D eigenvalue weighted by atomic mass is 10.1. The quantitative estimate of drug-likeness (QED) is 0.701. The van der Waals surface area contributed by atoms with Crippen LogP contribution in [0.3, 0.4) is 0 Å². The number of nitrogens with zero attached hydrogens (tertiary/aromatic N) is 2. The summed E-state index contributed by atoms with van der Waals surface area (Å²) in [6.45, 7) is 3.37. The average molecular weight is 426 g/mol. The number of rotatable bonds is 7. The van der Waals surface area contributed by atoms with Crippen LogP contribution in [0.25, 0.3) is 0 Å². The third-order valence-corrected chi connectivity index (χ3v) is 6.14. The summed E-state index contributed by atoms with van der Waals surface area (Å²) in [5, 5.41) is 14.3. The third kappa shape index (κ3) is 5.18. The van der Waals surface area contributed by atoms with Gasteiger partial charge in [0.25, 0.3) is 0 Å². The summed E-state index contributed by atoms with van der Waals surface area (Å²) in [5.41, 5.74) is 1.21. The predicted octanol–water partition coefficient (Wildman–Crippen LogP) is 1.52. The maximum atomic E-state index is 12.3. The number of para-hydroxylation sites is 2. The molecule has 31 heavy (non-hydrogen) atoms. The van der Waals surface area contributed by atoms with Crippen LogP contribution in [0.15, 0.2) is 60.7 Å². The maximum absolute atomic E-state index is 12.3. The van der Waals surface area contributed by atoms with Gasteiger partial charge in [0.05, 0.1) is 12.1 Å². The highest BCUT2D eigenvalue weighted by Gasteiger charge is 2.47. The Morgan fingerprint density at radius 1 is 1.03 bits per heavy atom. The summed E-state index contributed by atoms with van der Waals surface area (Å²) in [6, 6.07) is 19.5. The van der Waals surface area contributed by atoms with E-state index in [1.54, 1.807) is 0 Å². The lowest BCUT2D eigenvalue weighted by Gasteiger charge is -2.42. The zero-order chi connectivity index (χ0) is 21.6. The Labute approximate surface area is 183 Å². The molecule has 2 aromatic rings. The van der Waals surface area contributed by atoms with Crippen LogP contribution in [0.2, 0.25) is 0 Å². The summed E-state index contributed by atoms with van der Waals surface area (Å²) < 4.78 is 11.1. The van der Waals surface area contributed by atoms with Gasteiger partial charge >= 0.3 is 0 Å². The van der Waals surface area contributed by atoms with Gasteiger partial charge in [-0.25, -0.2) is 0 Å². The van der Waals surface area contributed by atoms with E-state index in [0.29, 0.717) is 6.42 Å². The minimum Gasteiger partial charge on any atom is -0.488 e. The second-order valence-electron chi connectivity index (χ2n) is 8.15. The first-order chi connectivity index (χ1) is 15.2. The van der Waals surface area contributed by atoms with Gasteiger partial charge in [-0.05, 0) is 24.3 Å². The van der Waals surface area contributed by atoms with Crippen LogP contribution in [-0.4, -0.2) is 80.1 Å². The van der Waals surface area contributed by atoms with E-state index in [1.807, 2.05) is 36.4 Å². The van der Waals surface area contributed by atoms with Crippen LogP contribution in [0, 0.1) is 0 Å². The van der Waals surface area contributed by atoms with Crippen molar-refractivity contribution >= 4 is 11.6 Å². The molecular weight excluding hydrogens is 394 g/mol. The Bertz CT molecular complexity index is 827. The second kappa shape index (κ2) is 10.1. The molecule has 1 heterocycles. The fraction of sp³-hybridized carbons (Fsp3) is 0.458. The standard InChI is InChI=1S/C24H31N3O4/c1-30-17-22(28)25-20-16-21(31-19-10-6-3-7-11-19)24(29)23(20)27-14-12-26(13-15-27)18-8-4-2-5-9-18/h2-11,20-21,23-24,29H,12-17H2,1H3,(H,25,28)/t20-,21-,23+,24+/m1/s1. The summed E-state index contributed by atoms with van der Waals surface area (Å²) in [4.78, 5) is 16.9. The van der Waals surface area contributed by atoms with Crippen molar-refractivity contribution in [2.45, 2.75) is 30.7 Å². The van der Waals surface area contributed by atoms with Crippen molar-refractivity contribution < 1.29 is 19.4 Å². The minimum absolute atomic E-state index is 0.00527. The van der Waals surface area contributed by atoms with E-state index in [9.17, 15) is 9.90 Å². The number of anilines is 1. The van der Waals surface area contributed by atoms with Gasteiger partial charge in [-0.2, -0.15) is 0 Å². The predicted molar refractivity (Wildman–Crippen MR) is 119 cm³/mol. The van der Waals surface area contributed by atoms with Crippen molar-refractivity contribution in [2.24, 2.45) is 0 Å². The Balaban J connectivity index is 1.45. The second-order valence-corrected chi connectivity index (χ2v) is 8.15. The highest BCUT2D eigenvalue weighted by atomic mass is 16.5. The van der Waals surface area contributed by atoms with Crippen LogP contribution in [0.4, 0.5) is 5.69 Å². The molecule has 0 unspecified atom stereocenters. The highest BCUT2D eigenvalue weighted by Crippen LogP contribution is 2.30. The van der Waals surface area contributed by atoms with Crippen LogP contribution < -0.4 is 15.0 Å². The molecule has 2 aliphatic rings. The molecule has 0 spiro atoms. The van der Waals surface area contributed by atoms with Crippen molar-refractivity contribution in [1.29, 1.82) is 0 Å². The summed E-state index contributed by atoms with van der Waals surface area (Å²) in [7, 11) is 1.50. The number of carbonyl (C=O) groups is 1. The Morgan fingerprint density at radius 2 is 1.68 bits per heavy atom. The number of ether oxygens (including phenoxy) is 2. The molecule has 1 saturated carbocycles. The zero-order valence-corrected chi connectivity index (χ0v) is 17.9. The zero-order valence-electron chi connectivity index (χ0n) is 17.9. The number of aliphatic hydroxyl groups excluding tert-OH is 1. The molecule has 7 nitrogen and oxygen atoms in total. The maximum Gasteiger partial charge on any atom is 0.246 e. The van der Waals surface area contributed by atoms with Crippen LogP contribution >= 0.6 is 0 Å². The van der Waals surface area contributed by atoms with Crippen molar-refractivity contribution in [3.63, 3.8) is 0 Å². The van der Waals surface area contributed by atoms with Crippen molar-refractivity contribution in [2.75, 3.05) is 44.8 Å². The van der Waals surface area contributed by atoms with Gasteiger partial charge in [0.2, 0.25) is 5.91 Å². The normalized spacial score (nSPS) is 26.6. The summed E-state index contributed by atoms with van der Waals surface area (Å²) >= 11 is 0. The molecule has 166 valence electrons. The van der Waals surface area contributed by atoms with E-state index in [0.717, 1.165) is 31.9 Å². The number of hydrogen-bond donors (Lipinski definition) is 2. The molecule has 2 aromatic carbocycles. The van der Waals surface area contributed by atoms with E-state index in [4.69, 9.17) is 9.47 Å². The Kier molecular flexibility index (Phi) is 7.06. The average Bonchev–Trinajstić information content (AvgIpc) is 3.09. The lowest BCUT2D eigenvalue weighted by molar-refractivity contribution is -0.126. The molecule has 0 aromatic heterocycles. The fourth-order valence-electron chi connectivity index (χ4n) is 4.69. The van der Waals surface area contributed by atoms with E-state index < -0.39 is 6.10 Å². The SMILES string of the molecule is COCC(=O)N[C@@H]1C[C@@H](Oc2ccccc2)[C@H](O)[C@H]1N1CCN(c2ccccc2)CC1. The molecule has 2 fully saturated rings. The largest absolute Gasteiger partial charge is 0.488 e. The van der Waals surface area contributed by atoms with Gasteiger partial charge in [-0.15, -0.1) is 0 Å². The first-order valence-electron chi connectivity index (χ1n) is 10.9. The molecule has 1 aliphatic carbocycles. The molecular formula is C24H31N3O4. The summed E-state index contributed by atoms with van der Waals surface area (Å²) in [6.07, 6.45) is -0.529. The first kappa shape index (κ1) is 21.6. The van der Waals surface area contributed by atoms with Gasteiger partial charge in [0.1, 0.15) is 24.6 Å². The van der Waals surface area contributed by atoms with Gasteiger partial charge in [-0.1, -0.05) is 36.4 Å². The molecule has 7 heteroatoms. The topological polar surface area (TPSA) is 74.3 Å². The molecule has 1 amide bonds. The lowest BCUT2D eigenvalue weighted by Crippen LogP contribution is -2.59. The molecule has 1 aliphatic heterocycles. The number of hydrogen-bond acceptors (Lipinski definition) is 6. The molecule has 4 atom stereocenters. The highest BCUT2D eigenvalue weighted by molar-refractivity contribution is 5.77. The number of amides is 1. The van der Waals surface area contributed by atoms with Gasteiger partial charge in [0.15, 0.2) is 0 Å². The molecule has 0 bridgehead atoms. The number of benzene rings is 2. The van der Waals surface area contributed by atoms with Crippen LogP contribution in [0.1, 0.15) is 6.42 Å². The van der Waals surface area contributed by atoms with E-state index >= 15 is 0 Å². The van der Waals surface area contributed by atoms with E-state index in [2.05, 4.69) is 39.4 Å². The summed E-state index contributed by atoms with van der Waals surface area (Å²) in [5.74, 6) is 0.552. The Morgan fingerprint density at radius 3 is 2.32 bits per heavy atom. The minimum atomic E-state index is -0.698. The number of aliphatic hydroxyl groups is 1. The number of nitrogens with one attached hydrogen (secondary N) is 1. The number of piperazine rings is 1. The van der Waals surface area contributed by atoms with E-state index in [1.165, 1.54) is 12.8 Å². The molecule has 1 saturated heterocycles. The Hall–Kier alpha value is -2.61. The van der Waals surface area contributed by atoms with Gasteiger partial charge < -0.3 is 24.8 Å². The smallest absolute Gasteiger partial charge is 0.246 e. The van der Waals surface area contributed by atoms with Gasteiger partial charge in [-0.3, -0.25) is 9.69 Å². The molecule has 4 rings (SSSR count). The van der Waals surface area contributed by atoms with Crippen LogP contribution in [-0.2, 0) is 9.53 Å². The van der Waals surface area contributed by atoms with Crippen molar-refractivity contribution in [3.8, 4) is 5.75 Å². The first-order valence-corrected chi connectivity index (χ1v) is 10.9. The van der Waals surface area contributed by atoms with Crippen LogP contribution in [0.5, 0.6) is 5.75 Å². The van der Waals surface area contributed by atoms with Crippen molar-refractivity contribution in [1.82, 2.24) is 10.2 Å². The molecule has 0 radical (unpaired) electrons. The fourth-order valence-corrected chi connectivity index (χ4v) is 4.69. The number of carbonyl (C=O) groups excluding carboxylic acids is 1. The number of methoxy groups -OCH3 is 1. The third-order valence-electron chi connectivity index (χ3n) is 6.14. The van der Waals surface area contributed by atoms with Crippen molar-refractivity contribution in [3.05, 3.63) is 60.7 Å². The van der Waals surface area contributed by atoms with E-state index in [-0.39, 0.29) is 30.7 Å². The monoisotopic (exact) mass is 425 g/mol.